The number of benzene rings is 2. The van der Waals surface area contributed by atoms with E-state index in [0.717, 1.165) is 31.4 Å². The molecule has 4 heteroatoms. The maximum atomic E-state index is 9.54. The summed E-state index contributed by atoms with van der Waals surface area (Å²) in [6.45, 7) is 1.87. The summed E-state index contributed by atoms with van der Waals surface area (Å²) >= 11 is 7.71. The Morgan fingerprint density at radius 3 is 2.78 bits per heavy atom. The second-order valence-corrected chi connectivity index (χ2v) is 5.51. The van der Waals surface area contributed by atoms with Gasteiger partial charge in [-0.3, -0.25) is 0 Å². The fourth-order valence-electron chi connectivity index (χ4n) is 1.83. The number of aryl methyl sites for hydroxylation is 1. The summed E-state index contributed by atoms with van der Waals surface area (Å²) in [6, 6.07) is 11.2. The summed E-state index contributed by atoms with van der Waals surface area (Å²) in [5.74, 6) is 0.304. The van der Waals surface area contributed by atoms with Gasteiger partial charge in [0.15, 0.2) is 0 Å². The largest absolute Gasteiger partial charge is 0.508 e. The van der Waals surface area contributed by atoms with Gasteiger partial charge in [-0.15, -0.1) is 11.3 Å². The monoisotopic (exact) mass is 275 g/mol. The van der Waals surface area contributed by atoms with Crippen LogP contribution in [0.5, 0.6) is 5.75 Å². The Labute approximate surface area is 113 Å². The minimum Gasteiger partial charge on any atom is -0.508 e. The van der Waals surface area contributed by atoms with E-state index in [1.807, 2.05) is 37.3 Å². The molecule has 3 rings (SSSR count). The first-order valence-electron chi connectivity index (χ1n) is 5.50. The van der Waals surface area contributed by atoms with Gasteiger partial charge in [-0.05, 0) is 42.8 Å². The van der Waals surface area contributed by atoms with Crippen LogP contribution < -0.4 is 0 Å². The first-order valence-corrected chi connectivity index (χ1v) is 6.69. The normalized spacial score (nSPS) is 11.0. The number of phenolic OH excluding ortho intramolecular Hbond substituents is 1. The Morgan fingerprint density at radius 1 is 1.22 bits per heavy atom. The molecule has 2 nitrogen and oxygen atoms in total. The topological polar surface area (TPSA) is 33.1 Å². The minimum absolute atomic E-state index is 0.304. The van der Waals surface area contributed by atoms with Crippen LogP contribution >= 0.6 is 22.9 Å². The van der Waals surface area contributed by atoms with Crippen molar-refractivity contribution in [2.24, 2.45) is 0 Å². The van der Waals surface area contributed by atoms with Crippen LogP contribution in [0.1, 0.15) is 5.56 Å². The Morgan fingerprint density at radius 2 is 2.06 bits per heavy atom. The molecule has 0 aliphatic heterocycles. The van der Waals surface area contributed by atoms with Crippen molar-refractivity contribution in [3.8, 4) is 16.3 Å². The van der Waals surface area contributed by atoms with Gasteiger partial charge in [0.25, 0.3) is 0 Å². The Kier molecular flexibility index (Phi) is 2.73. The molecular formula is C14H10ClNOS. The summed E-state index contributed by atoms with van der Waals surface area (Å²) < 4.78 is 1.000. The van der Waals surface area contributed by atoms with Gasteiger partial charge in [-0.2, -0.15) is 0 Å². The molecule has 0 aliphatic rings. The lowest BCUT2D eigenvalue weighted by Crippen LogP contribution is -1.79. The summed E-state index contributed by atoms with van der Waals surface area (Å²) in [6.07, 6.45) is 0. The van der Waals surface area contributed by atoms with E-state index >= 15 is 0 Å². The molecule has 1 N–H and O–H groups in total. The molecule has 2 aromatic carbocycles. The van der Waals surface area contributed by atoms with Gasteiger partial charge in [0, 0.05) is 5.56 Å². The van der Waals surface area contributed by atoms with Gasteiger partial charge < -0.3 is 5.11 Å². The van der Waals surface area contributed by atoms with Crippen molar-refractivity contribution in [3.05, 3.63) is 47.0 Å². The first-order chi connectivity index (χ1) is 8.65. The molecule has 0 bridgehead atoms. The molecule has 0 atom stereocenters. The van der Waals surface area contributed by atoms with E-state index in [1.165, 1.54) is 0 Å². The highest BCUT2D eigenvalue weighted by atomic mass is 35.5. The summed E-state index contributed by atoms with van der Waals surface area (Å²) in [4.78, 5) is 4.57. The second kappa shape index (κ2) is 4.26. The van der Waals surface area contributed by atoms with Gasteiger partial charge >= 0.3 is 0 Å². The van der Waals surface area contributed by atoms with Gasteiger partial charge in [-0.1, -0.05) is 17.7 Å². The lowest BCUT2D eigenvalue weighted by molar-refractivity contribution is 0.471. The molecule has 0 radical (unpaired) electrons. The van der Waals surface area contributed by atoms with Crippen LogP contribution in [0.4, 0.5) is 0 Å². The molecule has 0 saturated carbocycles. The third-order valence-electron chi connectivity index (χ3n) is 2.81. The van der Waals surface area contributed by atoms with E-state index in [1.54, 1.807) is 17.4 Å². The SMILES string of the molecule is Cc1cc(-c2nc3cccc(Cl)c3s2)ccc1O. The lowest BCUT2D eigenvalue weighted by Gasteiger charge is -2.00. The fourth-order valence-corrected chi connectivity index (χ4v) is 3.08. The van der Waals surface area contributed by atoms with E-state index in [-0.39, 0.29) is 0 Å². The van der Waals surface area contributed by atoms with Crippen molar-refractivity contribution in [2.75, 3.05) is 0 Å². The third kappa shape index (κ3) is 1.85. The standard InChI is InChI=1S/C14H10ClNOS/c1-8-7-9(5-6-12(8)17)14-16-11-4-2-3-10(15)13(11)18-14/h2-7,17H,1H3. The highest BCUT2D eigenvalue weighted by Gasteiger charge is 2.09. The smallest absolute Gasteiger partial charge is 0.124 e. The van der Waals surface area contributed by atoms with Crippen molar-refractivity contribution >= 4 is 33.2 Å². The van der Waals surface area contributed by atoms with Crippen LogP contribution in [0.25, 0.3) is 20.8 Å². The molecule has 0 saturated heterocycles. The minimum atomic E-state index is 0.304. The zero-order valence-electron chi connectivity index (χ0n) is 9.64. The number of phenols is 1. The molecule has 1 aromatic heterocycles. The molecule has 1 heterocycles. The zero-order valence-corrected chi connectivity index (χ0v) is 11.2. The van der Waals surface area contributed by atoms with Crippen molar-refractivity contribution in [3.63, 3.8) is 0 Å². The van der Waals surface area contributed by atoms with E-state index in [0.29, 0.717) is 5.75 Å². The van der Waals surface area contributed by atoms with Gasteiger partial charge in [-0.25, -0.2) is 4.98 Å². The maximum Gasteiger partial charge on any atom is 0.124 e. The van der Waals surface area contributed by atoms with E-state index in [9.17, 15) is 5.11 Å². The Balaban J connectivity index is 2.19. The maximum absolute atomic E-state index is 9.54. The van der Waals surface area contributed by atoms with Crippen LogP contribution in [-0.4, -0.2) is 10.1 Å². The highest BCUT2D eigenvalue weighted by Crippen LogP contribution is 2.35. The summed E-state index contributed by atoms with van der Waals surface area (Å²) in [5, 5.41) is 11.2. The average molecular weight is 276 g/mol. The molecule has 0 amide bonds. The lowest BCUT2D eigenvalue weighted by atomic mass is 10.1. The number of aromatic hydroxyl groups is 1. The van der Waals surface area contributed by atoms with E-state index in [2.05, 4.69) is 4.98 Å². The number of aromatic nitrogens is 1. The molecule has 0 spiro atoms. The number of hydrogen-bond acceptors (Lipinski definition) is 3. The fraction of sp³-hybridized carbons (Fsp3) is 0.0714. The quantitative estimate of drug-likeness (QED) is 0.702. The predicted molar refractivity (Wildman–Crippen MR) is 76.5 cm³/mol. The second-order valence-electron chi connectivity index (χ2n) is 4.11. The number of nitrogens with zero attached hydrogens (tertiary/aromatic N) is 1. The van der Waals surface area contributed by atoms with Crippen molar-refractivity contribution < 1.29 is 5.11 Å². The van der Waals surface area contributed by atoms with Crippen LogP contribution in [-0.2, 0) is 0 Å². The molecule has 3 aromatic rings. The molecule has 90 valence electrons. The number of hydrogen-bond donors (Lipinski definition) is 1. The van der Waals surface area contributed by atoms with Gasteiger partial charge in [0.05, 0.1) is 15.2 Å². The third-order valence-corrected chi connectivity index (χ3v) is 4.39. The Hall–Kier alpha value is -1.58. The number of thiazole rings is 1. The molecule has 0 fully saturated rings. The average Bonchev–Trinajstić information content (AvgIpc) is 2.78. The van der Waals surface area contributed by atoms with E-state index < -0.39 is 0 Å². The molecule has 0 unspecified atom stereocenters. The number of fused-ring (bicyclic) bond motifs is 1. The van der Waals surface area contributed by atoms with Gasteiger partial charge in [0.2, 0.25) is 0 Å². The van der Waals surface area contributed by atoms with Gasteiger partial charge in [0.1, 0.15) is 10.8 Å². The highest BCUT2D eigenvalue weighted by molar-refractivity contribution is 7.22. The van der Waals surface area contributed by atoms with Crippen molar-refractivity contribution in [1.29, 1.82) is 0 Å². The Bertz CT molecular complexity index is 736. The molecule has 0 aliphatic carbocycles. The van der Waals surface area contributed by atoms with Crippen LogP contribution in [0.2, 0.25) is 5.02 Å². The molecule has 18 heavy (non-hydrogen) atoms. The van der Waals surface area contributed by atoms with Crippen LogP contribution in [0.15, 0.2) is 36.4 Å². The van der Waals surface area contributed by atoms with E-state index in [4.69, 9.17) is 11.6 Å². The number of halogens is 1. The molecular weight excluding hydrogens is 266 g/mol. The van der Waals surface area contributed by atoms with Crippen LogP contribution in [0.3, 0.4) is 0 Å². The first kappa shape index (κ1) is 11.5. The predicted octanol–water partition coefficient (Wildman–Crippen LogP) is 4.63. The summed E-state index contributed by atoms with van der Waals surface area (Å²) in [7, 11) is 0. The zero-order chi connectivity index (χ0) is 12.7. The van der Waals surface area contributed by atoms with Crippen molar-refractivity contribution in [2.45, 2.75) is 6.92 Å². The summed E-state index contributed by atoms with van der Waals surface area (Å²) in [5.41, 5.74) is 2.76. The number of rotatable bonds is 1. The van der Waals surface area contributed by atoms with Crippen LogP contribution in [0, 0.1) is 6.92 Å². The van der Waals surface area contributed by atoms with Crippen molar-refractivity contribution in [1.82, 2.24) is 4.98 Å².